The number of aromatic nitrogens is 3. The maximum absolute atomic E-state index is 12.4. The molecule has 3 rings (SSSR count). The van der Waals surface area contributed by atoms with Crippen molar-refractivity contribution >= 4 is 5.91 Å². The van der Waals surface area contributed by atoms with Crippen LogP contribution in [-0.4, -0.2) is 34.2 Å². The molecule has 25 heavy (non-hydrogen) atoms. The molecule has 1 aliphatic heterocycles. The van der Waals surface area contributed by atoms with Gasteiger partial charge in [0.1, 0.15) is 5.82 Å². The number of rotatable bonds is 5. The Hall–Kier alpha value is -2.42. The summed E-state index contributed by atoms with van der Waals surface area (Å²) >= 11 is 0. The Morgan fingerprint density at radius 3 is 2.64 bits per heavy atom. The monoisotopic (exact) mass is 353 g/mol. The first-order chi connectivity index (χ1) is 11.9. The van der Waals surface area contributed by atoms with Crippen LogP contribution in [0.3, 0.4) is 0 Å². The number of hydrogen-bond donors (Lipinski definition) is 3. The maximum atomic E-state index is 12.4. The molecule has 2 aromatic rings. The van der Waals surface area contributed by atoms with Gasteiger partial charge in [0.25, 0.3) is 11.7 Å². The van der Waals surface area contributed by atoms with Crippen molar-refractivity contribution in [1.82, 2.24) is 25.8 Å². The van der Waals surface area contributed by atoms with E-state index in [0.29, 0.717) is 11.5 Å². The number of benzene rings is 1. The molecule has 1 atom stereocenters. The summed E-state index contributed by atoms with van der Waals surface area (Å²) in [7, 11) is 0. The molecule has 0 aliphatic carbocycles. The van der Waals surface area contributed by atoms with E-state index in [0.717, 1.165) is 31.5 Å². The highest BCUT2D eigenvalue weighted by Crippen LogP contribution is 2.25. The highest BCUT2D eigenvalue weighted by atomic mass is 19.4. The zero-order valence-corrected chi connectivity index (χ0v) is 13.4. The Morgan fingerprint density at radius 2 is 2.04 bits per heavy atom. The van der Waals surface area contributed by atoms with E-state index in [1.807, 2.05) is 12.1 Å². The van der Waals surface area contributed by atoms with Crippen molar-refractivity contribution in [2.24, 2.45) is 5.92 Å². The molecule has 0 radical (unpaired) electrons. The zero-order valence-electron chi connectivity index (χ0n) is 13.4. The molecule has 6 nitrogen and oxygen atoms in total. The topological polar surface area (TPSA) is 82.7 Å². The van der Waals surface area contributed by atoms with Crippen LogP contribution in [0.15, 0.2) is 24.3 Å². The number of aromatic amines is 1. The van der Waals surface area contributed by atoms with Crippen molar-refractivity contribution in [3.63, 3.8) is 0 Å². The van der Waals surface area contributed by atoms with Gasteiger partial charge in [-0.05, 0) is 49.5 Å². The van der Waals surface area contributed by atoms with Crippen LogP contribution in [0.25, 0.3) is 0 Å². The third-order valence-corrected chi connectivity index (χ3v) is 4.10. The zero-order chi connectivity index (χ0) is 17.9. The van der Waals surface area contributed by atoms with Crippen molar-refractivity contribution in [2.75, 3.05) is 13.1 Å². The van der Waals surface area contributed by atoms with Gasteiger partial charge in [-0.15, -0.1) is 5.10 Å². The van der Waals surface area contributed by atoms with Crippen molar-refractivity contribution in [3.05, 3.63) is 47.0 Å². The predicted molar refractivity (Wildman–Crippen MR) is 83.7 cm³/mol. The Bertz CT molecular complexity index is 720. The molecule has 9 heteroatoms. The first kappa shape index (κ1) is 17.4. The minimum Gasteiger partial charge on any atom is -0.345 e. The molecule has 1 unspecified atom stereocenters. The van der Waals surface area contributed by atoms with E-state index >= 15 is 0 Å². The van der Waals surface area contributed by atoms with Crippen LogP contribution < -0.4 is 10.6 Å². The Morgan fingerprint density at radius 1 is 1.28 bits per heavy atom. The second-order valence-electron chi connectivity index (χ2n) is 6.05. The van der Waals surface area contributed by atoms with E-state index in [1.54, 1.807) is 12.1 Å². The number of hydrogen-bond acceptors (Lipinski definition) is 4. The Balaban J connectivity index is 1.53. The largest absolute Gasteiger partial charge is 0.453 e. The minimum absolute atomic E-state index is 0.0500. The van der Waals surface area contributed by atoms with Gasteiger partial charge in [0.2, 0.25) is 0 Å². The number of carbonyl (C=O) groups excluding carboxylic acids is 1. The molecule has 3 N–H and O–H groups in total. The third-order valence-electron chi connectivity index (χ3n) is 4.10. The third kappa shape index (κ3) is 4.56. The fraction of sp³-hybridized carbons (Fsp3) is 0.438. The van der Waals surface area contributed by atoms with Gasteiger partial charge in [-0.2, -0.15) is 13.2 Å². The molecule has 1 amide bonds. The van der Waals surface area contributed by atoms with Gasteiger partial charge in [-0.25, -0.2) is 4.98 Å². The van der Waals surface area contributed by atoms with E-state index in [9.17, 15) is 18.0 Å². The summed E-state index contributed by atoms with van der Waals surface area (Å²) in [6.45, 7) is 1.90. The molecule has 1 aromatic heterocycles. The van der Waals surface area contributed by atoms with Crippen molar-refractivity contribution in [1.29, 1.82) is 0 Å². The quantitative estimate of drug-likeness (QED) is 0.767. The molecular weight excluding hydrogens is 335 g/mol. The normalized spacial score (nSPS) is 17.6. The van der Waals surface area contributed by atoms with Crippen molar-refractivity contribution in [2.45, 2.75) is 25.6 Å². The number of nitrogens with zero attached hydrogens (tertiary/aromatic N) is 2. The number of H-pyrrole nitrogens is 1. The molecule has 0 spiro atoms. The van der Waals surface area contributed by atoms with Crippen LogP contribution in [0.4, 0.5) is 13.2 Å². The second kappa shape index (κ2) is 7.22. The van der Waals surface area contributed by atoms with E-state index < -0.39 is 12.0 Å². The van der Waals surface area contributed by atoms with Crippen LogP contribution in [0.2, 0.25) is 0 Å². The van der Waals surface area contributed by atoms with Gasteiger partial charge in [0, 0.05) is 5.56 Å². The van der Waals surface area contributed by atoms with Gasteiger partial charge in [0.15, 0.2) is 0 Å². The van der Waals surface area contributed by atoms with Crippen LogP contribution >= 0.6 is 0 Å². The number of alkyl halides is 3. The maximum Gasteiger partial charge on any atom is 0.453 e. The second-order valence-corrected chi connectivity index (χ2v) is 6.05. The van der Waals surface area contributed by atoms with Gasteiger partial charge in [-0.3, -0.25) is 9.89 Å². The summed E-state index contributed by atoms with van der Waals surface area (Å²) in [5, 5.41) is 11.1. The van der Waals surface area contributed by atoms with E-state index in [-0.39, 0.29) is 18.3 Å². The van der Waals surface area contributed by atoms with E-state index in [1.165, 1.54) is 0 Å². The standard InChI is InChI=1S/C16H18F3N5O/c17-16(18,19)15-22-13(23-24-15)9-21-14(25)12-3-1-10(2-4-12)7-11-5-6-20-8-11/h1-4,11,20H,5-9H2,(H,21,25)(H,22,23,24). The fourth-order valence-electron chi connectivity index (χ4n) is 2.78. The van der Waals surface area contributed by atoms with Gasteiger partial charge in [0.05, 0.1) is 6.54 Å². The lowest BCUT2D eigenvalue weighted by Crippen LogP contribution is -2.23. The summed E-state index contributed by atoms with van der Waals surface area (Å²) in [5.41, 5.74) is 1.61. The number of nitrogens with one attached hydrogen (secondary N) is 3. The highest BCUT2D eigenvalue weighted by Gasteiger charge is 2.36. The lowest BCUT2D eigenvalue weighted by Gasteiger charge is -2.09. The van der Waals surface area contributed by atoms with Crippen LogP contribution in [-0.2, 0) is 19.1 Å². The minimum atomic E-state index is -4.61. The van der Waals surface area contributed by atoms with E-state index in [4.69, 9.17) is 0 Å². The van der Waals surface area contributed by atoms with Crippen molar-refractivity contribution < 1.29 is 18.0 Å². The summed E-state index contributed by atoms with van der Waals surface area (Å²) in [6, 6.07) is 7.25. The highest BCUT2D eigenvalue weighted by molar-refractivity contribution is 5.94. The molecular formula is C16H18F3N5O. The van der Waals surface area contributed by atoms with E-state index in [2.05, 4.69) is 25.8 Å². The number of halogens is 3. The summed E-state index contributed by atoms with van der Waals surface area (Å²) < 4.78 is 37.2. The lowest BCUT2D eigenvalue weighted by atomic mass is 9.98. The average molecular weight is 353 g/mol. The number of amides is 1. The van der Waals surface area contributed by atoms with Gasteiger partial charge >= 0.3 is 6.18 Å². The predicted octanol–water partition coefficient (Wildman–Crippen LogP) is 1.91. The first-order valence-electron chi connectivity index (χ1n) is 7.98. The SMILES string of the molecule is O=C(NCc1nc(C(F)(F)F)n[nH]1)c1ccc(CC2CCNC2)cc1. The molecule has 1 fully saturated rings. The lowest BCUT2D eigenvalue weighted by molar-refractivity contribution is -0.144. The summed E-state index contributed by atoms with van der Waals surface area (Å²) in [5.74, 6) is -1.05. The molecule has 134 valence electrons. The van der Waals surface area contributed by atoms with Gasteiger partial charge in [-0.1, -0.05) is 12.1 Å². The molecule has 0 saturated carbocycles. The molecule has 2 heterocycles. The average Bonchev–Trinajstić information content (AvgIpc) is 3.24. The van der Waals surface area contributed by atoms with Gasteiger partial charge < -0.3 is 10.6 Å². The Labute approximate surface area is 142 Å². The van der Waals surface area contributed by atoms with Crippen LogP contribution in [0.5, 0.6) is 0 Å². The summed E-state index contributed by atoms with van der Waals surface area (Å²) in [6.07, 6.45) is -2.49. The van der Waals surface area contributed by atoms with Crippen LogP contribution in [0.1, 0.15) is 34.0 Å². The fourth-order valence-corrected chi connectivity index (χ4v) is 2.78. The molecule has 1 aromatic carbocycles. The van der Waals surface area contributed by atoms with Crippen LogP contribution in [0, 0.1) is 5.92 Å². The summed E-state index contributed by atoms with van der Waals surface area (Å²) in [4.78, 5) is 15.4. The van der Waals surface area contributed by atoms with Crippen molar-refractivity contribution in [3.8, 4) is 0 Å². The smallest absolute Gasteiger partial charge is 0.345 e. The molecule has 1 aliphatic rings. The number of carbonyl (C=O) groups is 1. The molecule has 0 bridgehead atoms. The Kier molecular flexibility index (Phi) is 5.03. The first-order valence-corrected chi connectivity index (χ1v) is 7.98. The molecule has 1 saturated heterocycles.